The summed E-state index contributed by atoms with van der Waals surface area (Å²) in [6.45, 7) is 6.23. The van der Waals surface area contributed by atoms with Crippen LogP contribution in [-0.2, 0) is 19.1 Å². The van der Waals surface area contributed by atoms with E-state index < -0.39 is 0 Å². The highest BCUT2D eigenvalue weighted by atomic mass is 35.5. The number of amides is 2. The topological polar surface area (TPSA) is 107 Å². The van der Waals surface area contributed by atoms with Gasteiger partial charge in [-0.3, -0.25) is 19.4 Å². The smallest absolute Gasteiger partial charge is 0.222 e. The number of nitrogens with one attached hydrogen (secondary N) is 4. The molecule has 0 aliphatic carbocycles. The van der Waals surface area contributed by atoms with Gasteiger partial charge < -0.3 is 30.7 Å². The molecule has 8 atom stereocenters. The van der Waals surface area contributed by atoms with Crippen LogP contribution in [0.4, 0.5) is 0 Å². The Morgan fingerprint density at radius 1 is 0.593 bits per heavy atom. The first-order chi connectivity index (χ1) is 28.9. The lowest BCUT2D eigenvalue weighted by Crippen LogP contribution is -2.62. The van der Waals surface area contributed by atoms with Crippen molar-refractivity contribution in [2.24, 2.45) is 0 Å². The van der Waals surface area contributed by atoms with Crippen LogP contribution in [-0.4, -0.2) is 111 Å². The van der Waals surface area contributed by atoms with Crippen LogP contribution >= 0.6 is 23.2 Å². The van der Waals surface area contributed by atoms with Gasteiger partial charge in [0.2, 0.25) is 11.8 Å². The zero-order chi connectivity index (χ0) is 40.6. The Labute approximate surface area is 358 Å². The van der Waals surface area contributed by atoms with Crippen molar-refractivity contribution in [3.63, 3.8) is 0 Å². The van der Waals surface area contributed by atoms with Crippen LogP contribution in [0.25, 0.3) is 0 Å². The molecule has 4 heterocycles. The first-order valence-electron chi connectivity index (χ1n) is 21.3. The molecule has 0 saturated carbocycles. The predicted molar refractivity (Wildman–Crippen MR) is 233 cm³/mol. The molecule has 0 radical (unpaired) electrons. The maximum absolute atomic E-state index is 12.8. The van der Waals surface area contributed by atoms with E-state index in [1.165, 1.54) is 22.3 Å². The van der Waals surface area contributed by atoms with E-state index >= 15 is 0 Å². The summed E-state index contributed by atoms with van der Waals surface area (Å²) in [4.78, 5) is 30.6. The van der Waals surface area contributed by atoms with Crippen LogP contribution in [0.1, 0.15) is 66.2 Å². The van der Waals surface area contributed by atoms with E-state index in [1.807, 2.05) is 24.3 Å². The van der Waals surface area contributed by atoms with E-state index in [0.717, 1.165) is 62.2 Å². The number of hydrogen-bond donors (Lipinski definition) is 4. The van der Waals surface area contributed by atoms with Gasteiger partial charge >= 0.3 is 0 Å². The molecule has 0 aromatic heterocycles. The lowest BCUT2D eigenvalue weighted by atomic mass is 9.83. The van der Waals surface area contributed by atoms with Gasteiger partial charge in [-0.05, 0) is 52.9 Å². The number of carbonyl (C=O) groups is 2. The second-order valence-electron chi connectivity index (χ2n) is 16.3. The molecule has 0 bridgehead atoms. The highest BCUT2D eigenvalue weighted by Gasteiger charge is 2.44. The second-order valence-corrected chi connectivity index (χ2v) is 17.1. The molecular formula is C47H56Cl2N6O4. The highest BCUT2D eigenvalue weighted by molar-refractivity contribution is 6.30. The second kappa shape index (κ2) is 20.1. The number of nitrogens with zero attached hydrogens (tertiary/aromatic N) is 2. The number of carbonyl (C=O) groups excluding carboxylic acids is 2. The van der Waals surface area contributed by atoms with Crippen molar-refractivity contribution in [3.8, 4) is 0 Å². The molecule has 59 heavy (non-hydrogen) atoms. The van der Waals surface area contributed by atoms with Gasteiger partial charge in [0.15, 0.2) is 0 Å². The third-order valence-corrected chi connectivity index (χ3v) is 12.9. The van der Waals surface area contributed by atoms with E-state index in [4.69, 9.17) is 32.7 Å². The van der Waals surface area contributed by atoms with Crippen LogP contribution in [0.3, 0.4) is 0 Å². The molecule has 312 valence electrons. The minimum atomic E-state index is -0.106. The largest absolute Gasteiger partial charge is 0.359 e. The molecule has 12 heteroatoms. The maximum Gasteiger partial charge on any atom is 0.222 e. The Bertz CT molecular complexity index is 1810. The Morgan fingerprint density at radius 2 is 0.966 bits per heavy atom. The lowest BCUT2D eigenvalue weighted by molar-refractivity contribution is -0.213. The zero-order valence-electron chi connectivity index (χ0n) is 33.5. The molecule has 4 aromatic rings. The number of piperazine rings is 2. The van der Waals surface area contributed by atoms with Gasteiger partial charge in [-0.25, -0.2) is 0 Å². The minimum Gasteiger partial charge on any atom is -0.359 e. The third kappa shape index (κ3) is 10.6. The Hall–Kier alpha value is -3.84. The fourth-order valence-electron chi connectivity index (χ4n) is 9.41. The van der Waals surface area contributed by atoms with Crippen LogP contribution in [0, 0.1) is 0 Å². The summed E-state index contributed by atoms with van der Waals surface area (Å²) in [6.07, 6.45) is 2.69. The first-order valence-corrected chi connectivity index (χ1v) is 22.0. The van der Waals surface area contributed by atoms with Gasteiger partial charge in [0.05, 0.1) is 25.0 Å². The van der Waals surface area contributed by atoms with Crippen LogP contribution < -0.4 is 21.3 Å². The lowest BCUT2D eigenvalue weighted by Gasteiger charge is -2.50. The first kappa shape index (κ1) is 41.9. The van der Waals surface area contributed by atoms with Crippen LogP contribution in [0.2, 0.25) is 10.0 Å². The number of halogens is 2. The van der Waals surface area contributed by atoms with Crippen LogP contribution in [0.5, 0.6) is 0 Å². The molecule has 4 aliphatic heterocycles. The maximum atomic E-state index is 12.8. The summed E-state index contributed by atoms with van der Waals surface area (Å²) in [5, 5.41) is 14.7. The molecule has 2 amide bonds. The minimum absolute atomic E-state index is 0.0225. The van der Waals surface area contributed by atoms with Crippen molar-refractivity contribution < 1.29 is 19.1 Å². The standard InChI is InChI=1S/C47H56Cl2N6O4/c48-36-16-12-34(13-17-36)46(32-8-3-1-4-9-32)40-30-50-22-24-54(40)44-28-38(58-44)26-42(56)52-20-7-21-53-43(57)27-39-29-45(59-39)55-25-23-51-31-41(55)47(33-10-5-2-6-11-33)35-14-18-37(49)19-15-35/h1-6,8-19,38-41,44-47,50-51H,7,20-31H2,(H,52,56)(H,53,57). The molecule has 4 N–H and O–H groups in total. The summed E-state index contributed by atoms with van der Waals surface area (Å²) < 4.78 is 12.8. The highest BCUT2D eigenvalue weighted by Crippen LogP contribution is 2.39. The number of rotatable bonds is 16. The summed E-state index contributed by atoms with van der Waals surface area (Å²) in [5.41, 5.74) is 4.96. The van der Waals surface area contributed by atoms with Gasteiger partial charge in [-0.1, -0.05) is 108 Å². The molecule has 8 unspecified atom stereocenters. The van der Waals surface area contributed by atoms with Crippen molar-refractivity contribution >= 4 is 35.0 Å². The Kier molecular flexibility index (Phi) is 14.3. The average Bonchev–Trinajstić information content (AvgIpc) is 3.23. The Morgan fingerprint density at radius 3 is 1.36 bits per heavy atom. The van der Waals surface area contributed by atoms with Gasteiger partial charge in [-0.2, -0.15) is 0 Å². The summed E-state index contributed by atoms with van der Waals surface area (Å²) in [5.74, 6) is 0.252. The quantitative estimate of drug-likeness (QED) is 0.0999. The van der Waals surface area contributed by atoms with Crippen molar-refractivity contribution in [1.29, 1.82) is 0 Å². The summed E-state index contributed by atoms with van der Waals surface area (Å²) in [6, 6.07) is 38.0. The summed E-state index contributed by atoms with van der Waals surface area (Å²) in [7, 11) is 0. The van der Waals surface area contributed by atoms with Crippen molar-refractivity contribution in [3.05, 3.63) is 141 Å². The summed E-state index contributed by atoms with van der Waals surface area (Å²) >= 11 is 12.5. The molecule has 0 spiro atoms. The molecule has 4 fully saturated rings. The molecule has 4 saturated heterocycles. The van der Waals surface area contributed by atoms with Gasteiger partial charge in [0.1, 0.15) is 12.5 Å². The van der Waals surface area contributed by atoms with E-state index in [9.17, 15) is 9.59 Å². The normalized spacial score (nSPS) is 25.9. The number of benzene rings is 4. The molecule has 4 aliphatic rings. The van der Waals surface area contributed by atoms with Crippen molar-refractivity contribution in [1.82, 2.24) is 31.1 Å². The SMILES string of the molecule is O=C(CC1CC(N2CCNCC2C(c2ccccc2)c2ccc(Cl)cc2)O1)NCCCNC(=O)CC1CC(N2CCNCC2C(c2ccccc2)c2ccc(Cl)cc2)O1. The third-order valence-electron chi connectivity index (χ3n) is 12.4. The average molecular weight is 840 g/mol. The van der Waals surface area contributed by atoms with Gasteiger partial charge in [-0.15, -0.1) is 0 Å². The monoisotopic (exact) mass is 838 g/mol. The zero-order valence-corrected chi connectivity index (χ0v) is 35.0. The fraction of sp³-hybridized carbons (Fsp3) is 0.447. The Balaban J connectivity index is 0.740. The van der Waals surface area contributed by atoms with Crippen molar-refractivity contribution in [2.45, 2.75) is 80.7 Å². The molecule has 10 nitrogen and oxygen atoms in total. The van der Waals surface area contributed by atoms with Crippen LogP contribution in [0.15, 0.2) is 109 Å². The van der Waals surface area contributed by atoms with Crippen molar-refractivity contribution in [2.75, 3.05) is 52.4 Å². The van der Waals surface area contributed by atoms with E-state index in [0.29, 0.717) is 32.4 Å². The number of hydrogen-bond acceptors (Lipinski definition) is 8. The van der Waals surface area contributed by atoms with Gasteiger partial charge in [0.25, 0.3) is 0 Å². The molecule has 8 rings (SSSR count). The fourth-order valence-corrected chi connectivity index (χ4v) is 9.67. The van der Waals surface area contributed by atoms with E-state index in [-0.39, 0.29) is 60.4 Å². The molecular weight excluding hydrogens is 783 g/mol. The van der Waals surface area contributed by atoms with E-state index in [2.05, 4.69) is 116 Å². The molecule has 4 aromatic carbocycles. The van der Waals surface area contributed by atoms with E-state index in [1.54, 1.807) is 0 Å². The number of ether oxygens (including phenoxy) is 2. The predicted octanol–water partition coefficient (Wildman–Crippen LogP) is 6.14. The van der Waals surface area contributed by atoms with Gasteiger partial charge in [0, 0.05) is 99.2 Å².